The van der Waals surface area contributed by atoms with E-state index in [1.165, 1.54) is 6.07 Å². The van der Waals surface area contributed by atoms with Crippen molar-refractivity contribution in [1.82, 2.24) is 0 Å². The second-order valence-electron chi connectivity index (χ2n) is 8.53. The van der Waals surface area contributed by atoms with Crippen LogP contribution in [0.5, 0.6) is 0 Å². The molecule has 1 aliphatic heterocycles. The second kappa shape index (κ2) is 6.47. The summed E-state index contributed by atoms with van der Waals surface area (Å²) in [4.78, 5) is 0. The summed E-state index contributed by atoms with van der Waals surface area (Å²) in [6.45, 7) is 6.43. The van der Waals surface area contributed by atoms with Crippen molar-refractivity contribution in [3.8, 4) is 11.1 Å². The van der Waals surface area contributed by atoms with Crippen molar-refractivity contribution in [1.29, 1.82) is 0 Å². The maximum Gasteiger partial charge on any atom is 0.123 e. The number of benzene rings is 2. The lowest BCUT2D eigenvalue weighted by Crippen LogP contribution is -2.52. The summed E-state index contributed by atoms with van der Waals surface area (Å²) >= 11 is 0. The zero-order valence-electron chi connectivity index (χ0n) is 15.7. The van der Waals surface area contributed by atoms with Crippen LogP contribution in [0.4, 0.5) is 4.39 Å². The quantitative estimate of drug-likeness (QED) is 0.786. The highest BCUT2D eigenvalue weighted by atomic mass is 19.1. The molecule has 2 aromatic carbocycles. The minimum absolute atomic E-state index is 0.00670. The molecule has 0 unspecified atom stereocenters. The SMILES string of the molecule is C[C@H]1[C@H]2C[C@@H](C[C@@H]1O)C(C)(C)O[C@H]2c1ccc(-c2cccc(F)c2)cc1. The maximum atomic E-state index is 13.5. The Balaban J connectivity index is 1.64. The molecule has 4 rings (SSSR count). The zero-order chi connectivity index (χ0) is 18.5. The fourth-order valence-corrected chi connectivity index (χ4v) is 4.76. The van der Waals surface area contributed by atoms with Crippen LogP contribution in [-0.4, -0.2) is 16.8 Å². The van der Waals surface area contributed by atoms with Gasteiger partial charge in [0.1, 0.15) is 5.82 Å². The average molecular weight is 354 g/mol. The Bertz CT molecular complexity index is 783. The molecular formula is C23H27FO2. The first-order valence-corrected chi connectivity index (χ1v) is 9.57. The molecule has 3 heteroatoms. The molecule has 1 heterocycles. The Morgan fingerprint density at radius 3 is 2.46 bits per heavy atom. The highest BCUT2D eigenvalue weighted by Crippen LogP contribution is 2.53. The molecule has 0 radical (unpaired) electrons. The number of aliphatic hydroxyl groups is 1. The minimum atomic E-state index is -0.254. The van der Waals surface area contributed by atoms with Gasteiger partial charge >= 0.3 is 0 Å². The molecule has 0 spiro atoms. The van der Waals surface area contributed by atoms with E-state index in [1.807, 2.05) is 18.2 Å². The van der Waals surface area contributed by atoms with Crippen LogP contribution in [0.1, 0.15) is 45.3 Å². The van der Waals surface area contributed by atoms with Crippen molar-refractivity contribution in [2.45, 2.75) is 51.4 Å². The Labute approximate surface area is 155 Å². The van der Waals surface area contributed by atoms with Gasteiger partial charge in [-0.3, -0.25) is 0 Å². The largest absolute Gasteiger partial charge is 0.393 e. The molecule has 1 aliphatic carbocycles. The van der Waals surface area contributed by atoms with Gasteiger partial charge in [-0.2, -0.15) is 0 Å². The van der Waals surface area contributed by atoms with Gasteiger partial charge in [-0.15, -0.1) is 0 Å². The molecule has 1 saturated carbocycles. The minimum Gasteiger partial charge on any atom is -0.393 e. The number of rotatable bonds is 2. The Hall–Kier alpha value is -1.71. The number of aliphatic hydroxyl groups excluding tert-OH is 1. The van der Waals surface area contributed by atoms with E-state index in [2.05, 4.69) is 32.9 Å². The van der Waals surface area contributed by atoms with Crippen molar-refractivity contribution in [3.63, 3.8) is 0 Å². The van der Waals surface area contributed by atoms with E-state index in [0.29, 0.717) is 11.8 Å². The summed E-state index contributed by atoms with van der Waals surface area (Å²) in [6.07, 6.45) is 1.67. The summed E-state index contributed by atoms with van der Waals surface area (Å²) in [6, 6.07) is 14.9. The summed E-state index contributed by atoms with van der Waals surface area (Å²) in [7, 11) is 0. The predicted molar refractivity (Wildman–Crippen MR) is 101 cm³/mol. The number of fused-ring (bicyclic) bond motifs is 2. The topological polar surface area (TPSA) is 29.5 Å². The first-order chi connectivity index (χ1) is 12.3. The third kappa shape index (κ3) is 3.08. The lowest BCUT2D eigenvalue weighted by atomic mass is 9.63. The third-order valence-electron chi connectivity index (χ3n) is 6.56. The molecule has 2 nitrogen and oxygen atoms in total. The van der Waals surface area contributed by atoms with E-state index < -0.39 is 0 Å². The van der Waals surface area contributed by atoms with Gasteiger partial charge in [-0.25, -0.2) is 4.39 Å². The van der Waals surface area contributed by atoms with Gasteiger partial charge in [0.05, 0.1) is 17.8 Å². The zero-order valence-corrected chi connectivity index (χ0v) is 15.7. The average Bonchev–Trinajstić information content (AvgIpc) is 2.62. The van der Waals surface area contributed by atoms with E-state index in [-0.39, 0.29) is 29.5 Å². The Morgan fingerprint density at radius 1 is 1.04 bits per heavy atom. The van der Waals surface area contributed by atoms with Crippen LogP contribution < -0.4 is 0 Å². The van der Waals surface area contributed by atoms with Gasteiger partial charge in [0.15, 0.2) is 0 Å². The fraction of sp³-hybridized carbons (Fsp3) is 0.478. The molecular weight excluding hydrogens is 327 g/mol. The number of hydrogen-bond donors (Lipinski definition) is 1. The molecule has 138 valence electrons. The number of ether oxygens (including phenoxy) is 1. The normalized spacial score (nSPS) is 33.0. The van der Waals surface area contributed by atoms with E-state index in [1.54, 1.807) is 12.1 Å². The molecule has 0 aromatic heterocycles. The lowest BCUT2D eigenvalue weighted by molar-refractivity contribution is -0.215. The molecule has 2 bridgehead atoms. The fourth-order valence-electron chi connectivity index (χ4n) is 4.76. The number of hydrogen-bond acceptors (Lipinski definition) is 2. The summed E-state index contributed by atoms with van der Waals surface area (Å²) in [5.74, 6) is 0.744. The van der Waals surface area contributed by atoms with Crippen LogP contribution in [0, 0.1) is 23.6 Å². The lowest BCUT2D eigenvalue weighted by Gasteiger charge is -2.53. The van der Waals surface area contributed by atoms with Gasteiger partial charge in [0, 0.05) is 0 Å². The summed E-state index contributed by atoms with van der Waals surface area (Å²) < 4.78 is 20.0. The molecule has 2 aliphatic rings. The molecule has 26 heavy (non-hydrogen) atoms. The van der Waals surface area contributed by atoms with E-state index in [9.17, 15) is 9.50 Å². The smallest absolute Gasteiger partial charge is 0.123 e. The van der Waals surface area contributed by atoms with Gasteiger partial charge < -0.3 is 9.84 Å². The van der Waals surface area contributed by atoms with Crippen molar-refractivity contribution in [2.24, 2.45) is 17.8 Å². The van der Waals surface area contributed by atoms with Gasteiger partial charge in [-0.1, -0.05) is 43.3 Å². The Kier molecular flexibility index (Phi) is 4.40. The molecule has 2 aromatic rings. The predicted octanol–water partition coefficient (Wildman–Crippen LogP) is 5.37. The van der Waals surface area contributed by atoms with Crippen LogP contribution in [0.25, 0.3) is 11.1 Å². The van der Waals surface area contributed by atoms with Crippen LogP contribution >= 0.6 is 0 Å². The highest BCUT2D eigenvalue weighted by Gasteiger charge is 2.50. The first-order valence-electron chi connectivity index (χ1n) is 9.57. The van der Waals surface area contributed by atoms with E-state index >= 15 is 0 Å². The van der Waals surface area contributed by atoms with Crippen LogP contribution in [0.15, 0.2) is 48.5 Å². The second-order valence-corrected chi connectivity index (χ2v) is 8.53. The van der Waals surface area contributed by atoms with Crippen molar-refractivity contribution in [2.75, 3.05) is 0 Å². The summed E-state index contributed by atoms with van der Waals surface area (Å²) in [5, 5.41) is 10.5. The molecule has 1 saturated heterocycles. The van der Waals surface area contributed by atoms with E-state index in [4.69, 9.17) is 4.74 Å². The molecule has 0 amide bonds. The van der Waals surface area contributed by atoms with Gasteiger partial charge in [-0.05, 0) is 73.3 Å². The van der Waals surface area contributed by atoms with Crippen molar-refractivity contribution in [3.05, 3.63) is 59.9 Å². The van der Waals surface area contributed by atoms with Crippen molar-refractivity contribution >= 4 is 0 Å². The standard InChI is InChI=1S/C23H27FO2/c1-14-20-12-18(13-21(14)25)23(2,3)26-22(20)16-9-7-15(8-10-16)17-5-4-6-19(24)11-17/h4-11,14,18,20-22,25H,12-13H2,1-3H3/t14-,18-,20+,21-,22-/m0/s1. The number of halogens is 1. The first kappa shape index (κ1) is 17.7. The van der Waals surface area contributed by atoms with Crippen LogP contribution in [-0.2, 0) is 4.74 Å². The van der Waals surface area contributed by atoms with Crippen molar-refractivity contribution < 1.29 is 14.2 Å². The molecule has 5 atom stereocenters. The van der Waals surface area contributed by atoms with Gasteiger partial charge in [0.25, 0.3) is 0 Å². The maximum absolute atomic E-state index is 13.5. The highest BCUT2D eigenvalue weighted by molar-refractivity contribution is 5.63. The van der Waals surface area contributed by atoms with E-state index in [0.717, 1.165) is 29.5 Å². The molecule has 2 fully saturated rings. The van der Waals surface area contributed by atoms with Crippen LogP contribution in [0.3, 0.4) is 0 Å². The van der Waals surface area contributed by atoms with Gasteiger partial charge in [0.2, 0.25) is 0 Å². The third-order valence-corrected chi connectivity index (χ3v) is 6.56. The Morgan fingerprint density at radius 2 is 1.77 bits per heavy atom. The summed E-state index contributed by atoms with van der Waals surface area (Å²) in [5.41, 5.74) is 2.78. The van der Waals surface area contributed by atoms with Crippen LogP contribution in [0.2, 0.25) is 0 Å². The monoisotopic (exact) mass is 354 g/mol. The molecule has 1 N–H and O–H groups in total.